The molecule has 1 aliphatic heterocycles. The predicted molar refractivity (Wildman–Crippen MR) is 108 cm³/mol. The molecule has 0 atom stereocenters. The number of carbonyl (C=O) groups is 2. The molecule has 2 aliphatic rings. The molecule has 0 bridgehead atoms. The normalized spacial score (nSPS) is 16.1. The SMILES string of the molecule is COc1ccccc1CN(C(=O)c1ccc(C)c(N2CCNC2=O)c1)C1CC1. The average molecular weight is 379 g/mol. The van der Waals surface area contributed by atoms with Crippen LogP contribution >= 0.6 is 0 Å². The number of nitrogens with one attached hydrogen (secondary N) is 1. The van der Waals surface area contributed by atoms with Crippen molar-refractivity contribution in [3.8, 4) is 5.75 Å². The van der Waals surface area contributed by atoms with Gasteiger partial charge in [0.05, 0.1) is 7.11 Å². The quantitative estimate of drug-likeness (QED) is 0.837. The summed E-state index contributed by atoms with van der Waals surface area (Å²) in [5.41, 5.74) is 3.39. The Bertz CT molecular complexity index is 908. The van der Waals surface area contributed by atoms with Gasteiger partial charge in [-0.05, 0) is 43.5 Å². The van der Waals surface area contributed by atoms with E-state index >= 15 is 0 Å². The molecule has 1 aliphatic carbocycles. The zero-order chi connectivity index (χ0) is 19.7. The highest BCUT2D eigenvalue weighted by molar-refractivity contribution is 5.99. The fourth-order valence-corrected chi connectivity index (χ4v) is 3.67. The van der Waals surface area contributed by atoms with Crippen LogP contribution in [0.2, 0.25) is 0 Å². The lowest BCUT2D eigenvalue weighted by Gasteiger charge is -2.25. The highest BCUT2D eigenvalue weighted by Crippen LogP contribution is 2.33. The van der Waals surface area contributed by atoms with Gasteiger partial charge in [0.25, 0.3) is 5.91 Å². The monoisotopic (exact) mass is 379 g/mol. The third kappa shape index (κ3) is 3.54. The molecule has 6 heteroatoms. The second kappa shape index (κ2) is 7.54. The fourth-order valence-electron chi connectivity index (χ4n) is 3.67. The van der Waals surface area contributed by atoms with E-state index in [0.29, 0.717) is 25.2 Å². The van der Waals surface area contributed by atoms with Crippen molar-refractivity contribution < 1.29 is 14.3 Å². The summed E-state index contributed by atoms with van der Waals surface area (Å²) in [5, 5.41) is 2.82. The second-order valence-corrected chi connectivity index (χ2v) is 7.36. The van der Waals surface area contributed by atoms with E-state index in [9.17, 15) is 9.59 Å². The highest BCUT2D eigenvalue weighted by Gasteiger charge is 2.34. The summed E-state index contributed by atoms with van der Waals surface area (Å²) < 4.78 is 5.46. The number of methoxy groups -OCH3 is 1. The Morgan fingerprint density at radius 1 is 1.25 bits per heavy atom. The lowest BCUT2D eigenvalue weighted by molar-refractivity contribution is 0.0728. The van der Waals surface area contributed by atoms with Gasteiger partial charge in [0, 0.05) is 42.5 Å². The zero-order valence-corrected chi connectivity index (χ0v) is 16.3. The number of anilines is 1. The van der Waals surface area contributed by atoms with E-state index < -0.39 is 0 Å². The number of para-hydroxylation sites is 1. The molecule has 0 spiro atoms. The molecule has 1 saturated carbocycles. The molecule has 2 aromatic rings. The first-order chi connectivity index (χ1) is 13.6. The first-order valence-electron chi connectivity index (χ1n) is 9.67. The van der Waals surface area contributed by atoms with Crippen LogP contribution in [0.25, 0.3) is 0 Å². The van der Waals surface area contributed by atoms with Crippen molar-refractivity contribution in [3.05, 3.63) is 59.2 Å². The van der Waals surface area contributed by atoms with E-state index in [1.165, 1.54) is 0 Å². The largest absolute Gasteiger partial charge is 0.496 e. The average Bonchev–Trinajstić information content (AvgIpc) is 3.47. The molecular formula is C22H25N3O3. The molecule has 0 radical (unpaired) electrons. The Hall–Kier alpha value is -3.02. The number of hydrogen-bond donors (Lipinski definition) is 1. The Morgan fingerprint density at radius 3 is 2.71 bits per heavy atom. The molecule has 146 valence electrons. The van der Waals surface area contributed by atoms with Crippen molar-refractivity contribution in [2.75, 3.05) is 25.1 Å². The molecule has 1 N–H and O–H groups in total. The smallest absolute Gasteiger partial charge is 0.322 e. The Kier molecular flexibility index (Phi) is 4.94. The molecule has 1 saturated heterocycles. The molecule has 1 heterocycles. The number of aryl methyl sites for hydroxylation is 1. The van der Waals surface area contributed by atoms with Gasteiger partial charge < -0.3 is 15.0 Å². The third-order valence-corrected chi connectivity index (χ3v) is 5.39. The van der Waals surface area contributed by atoms with Crippen molar-refractivity contribution >= 4 is 17.6 Å². The highest BCUT2D eigenvalue weighted by atomic mass is 16.5. The standard InChI is InChI=1S/C22H25N3O3/c1-15-7-8-16(13-19(15)24-12-11-23-22(24)27)21(26)25(18-9-10-18)14-17-5-3-4-6-20(17)28-2/h3-8,13,18H,9-12,14H2,1-2H3,(H,23,27). The van der Waals surface area contributed by atoms with Crippen LogP contribution < -0.4 is 15.0 Å². The molecule has 3 amide bonds. The number of rotatable bonds is 6. The molecule has 0 unspecified atom stereocenters. The van der Waals surface area contributed by atoms with E-state index in [4.69, 9.17) is 4.74 Å². The first-order valence-corrected chi connectivity index (χ1v) is 9.67. The Morgan fingerprint density at radius 2 is 2.04 bits per heavy atom. The van der Waals surface area contributed by atoms with Gasteiger partial charge >= 0.3 is 6.03 Å². The second-order valence-electron chi connectivity index (χ2n) is 7.36. The van der Waals surface area contributed by atoms with Crippen LogP contribution in [-0.4, -0.2) is 43.1 Å². The molecule has 2 fully saturated rings. The maximum absolute atomic E-state index is 13.4. The van der Waals surface area contributed by atoms with Gasteiger partial charge in [-0.2, -0.15) is 0 Å². The van der Waals surface area contributed by atoms with Crippen LogP contribution in [0.4, 0.5) is 10.5 Å². The van der Waals surface area contributed by atoms with Crippen LogP contribution in [0.5, 0.6) is 5.75 Å². The molecule has 6 nitrogen and oxygen atoms in total. The number of carbonyl (C=O) groups excluding carboxylic acids is 2. The van der Waals surface area contributed by atoms with E-state index in [-0.39, 0.29) is 18.0 Å². The molecular weight excluding hydrogens is 354 g/mol. The number of amides is 3. The van der Waals surface area contributed by atoms with E-state index in [1.54, 1.807) is 12.0 Å². The Labute approximate surface area is 165 Å². The third-order valence-electron chi connectivity index (χ3n) is 5.39. The van der Waals surface area contributed by atoms with Crippen LogP contribution in [-0.2, 0) is 6.54 Å². The van der Waals surface area contributed by atoms with Crippen LogP contribution in [0.15, 0.2) is 42.5 Å². The lowest BCUT2D eigenvalue weighted by Crippen LogP contribution is -2.33. The van der Waals surface area contributed by atoms with Crippen molar-refractivity contribution in [2.24, 2.45) is 0 Å². The fraction of sp³-hybridized carbons (Fsp3) is 0.364. The minimum atomic E-state index is -0.110. The maximum Gasteiger partial charge on any atom is 0.322 e. The number of hydrogen-bond acceptors (Lipinski definition) is 3. The van der Waals surface area contributed by atoms with Gasteiger partial charge in [-0.15, -0.1) is 0 Å². The lowest BCUT2D eigenvalue weighted by atomic mass is 10.1. The molecule has 0 aromatic heterocycles. The molecule has 28 heavy (non-hydrogen) atoms. The first kappa shape index (κ1) is 18.3. The summed E-state index contributed by atoms with van der Waals surface area (Å²) in [4.78, 5) is 29.1. The summed E-state index contributed by atoms with van der Waals surface area (Å²) in [6.07, 6.45) is 2.04. The molecule has 4 rings (SSSR count). The van der Waals surface area contributed by atoms with Crippen molar-refractivity contribution in [3.63, 3.8) is 0 Å². The van der Waals surface area contributed by atoms with Gasteiger partial charge in [0.1, 0.15) is 5.75 Å². The Balaban J connectivity index is 1.62. The van der Waals surface area contributed by atoms with Crippen LogP contribution in [0, 0.1) is 6.92 Å². The minimum Gasteiger partial charge on any atom is -0.496 e. The van der Waals surface area contributed by atoms with E-state index in [0.717, 1.165) is 35.4 Å². The van der Waals surface area contributed by atoms with Crippen LogP contribution in [0.3, 0.4) is 0 Å². The van der Waals surface area contributed by atoms with Gasteiger partial charge in [-0.25, -0.2) is 4.79 Å². The number of benzene rings is 2. The maximum atomic E-state index is 13.4. The summed E-state index contributed by atoms with van der Waals surface area (Å²) in [7, 11) is 1.65. The minimum absolute atomic E-state index is 0.00531. The number of urea groups is 1. The number of nitrogens with zero attached hydrogens (tertiary/aromatic N) is 2. The summed E-state index contributed by atoms with van der Waals surface area (Å²) in [5.74, 6) is 0.786. The van der Waals surface area contributed by atoms with Crippen molar-refractivity contribution in [2.45, 2.75) is 32.4 Å². The summed E-state index contributed by atoms with van der Waals surface area (Å²) in [6, 6.07) is 13.6. The molecule has 2 aromatic carbocycles. The van der Waals surface area contributed by atoms with E-state index in [2.05, 4.69) is 5.32 Å². The topological polar surface area (TPSA) is 61.9 Å². The predicted octanol–water partition coefficient (Wildman–Crippen LogP) is 3.34. The van der Waals surface area contributed by atoms with Gasteiger partial charge in [0.15, 0.2) is 0 Å². The van der Waals surface area contributed by atoms with Crippen LogP contribution in [0.1, 0.15) is 34.3 Å². The van der Waals surface area contributed by atoms with Crippen molar-refractivity contribution in [1.82, 2.24) is 10.2 Å². The van der Waals surface area contributed by atoms with Gasteiger partial charge in [-0.1, -0.05) is 24.3 Å². The number of ether oxygens (including phenoxy) is 1. The summed E-state index contributed by atoms with van der Waals surface area (Å²) >= 11 is 0. The van der Waals surface area contributed by atoms with Gasteiger partial charge in [0.2, 0.25) is 0 Å². The zero-order valence-electron chi connectivity index (χ0n) is 16.3. The van der Waals surface area contributed by atoms with Crippen molar-refractivity contribution in [1.29, 1.82) is 0 Å². The summed E-state index contributed by atoms with van der Waals surface area (Å²) in [6.45, 7) is 3.72. The van der Waals surface area contributed by atoms with Gasteiger partial charge in [-0.3, -0.25) is 9.69 Å². The van der Waals surface area contributed by atoms with E-state index in [1.807, 2.05) is 54.3 Å².